The lowest BCUT2D eigenvalue weighted by Crippen LogP contribution is -2.20. The highest BCUT2D eigenvalue weighted by atomic mass is 35.5. The molecule has 26 heavy (non-hydrogen) atoms. The Kier molecular flexibility index (Phi) is 4.48. The van der Waals surface area contributed by atoms with Gasteiger partial charge in [0.05, 0.1) is 6.54 Å². The van der Waals surface area contributed by atoms with Crippen molar-refractivity contribution in [1.29, 1.82) is 0 Å². The van der Waals surface area contributed by atoms with Gasteiger partial charge in [-0.05, 0) is 42.4 Å². The van der Waals surface area contributed by atoms with Crippen LogP contribution < -0.4 is 5.56 Å². The van der Waals surface area contributed by atoms with Gasteiger partial charge in [-0.15, -0.1) is 5.10 Å². The van der Waals surface area contributed by atoms with Gasteiger partial charge in [0.1, 0.15) is 5.15 Å². The monoisotopic (exact) mass is 383 g/mol. The fraction of sp³-hybridized carbons (Fsp3) is 0.111. The third-order valence-electron chi connectivity index (χ3n) is 3.86. The van der Waals surface area contributed by atoms with Crippen LogP contribution in [0, 0.1) is 6.92 Å². The van der Waals surface area contributed by atoms with E-state index >= 15 is 0 Å². The van der Waals surface area contributed by atoms with E-state index in [2.05, 4.69) is 15.1 Å². The standard InChI is InChI=1S/C18H14ClN5OS/c1-12-9-16(25)24-18(23(12)11-13-7-8-15(19)20-10-13)21-17(22-24)26-14-5-3-2-4-6-14/h2-10H,11H2,1H3. The van der Waals surface area contributed by atoms with E-state index in [-0.39, 0.29) is 5.56 Å². The summed E-state index contributed by atoms with van der Waals surface area (Å²) >= 11 is 7.27. The van der Waals surface area contributed by atoms with Crippen molar-refractivity contribution in [2.75, 3.05) is 0 Å². The number of benzene rings is 1. The molecule has 1 aromatic carbocycles. The van der Waals surface area contributed by atoms with Crippen LogP contribution in [0.25, 0.3) is 5.78 Å². The molecular formula is C18H14ClN5OS. The summed E-state index contributed by atoms with van der Waals surface area (Å²) in [4.78, 5) is 22.0. The first kappa shape index (κ1) is 16.8. The molecule has 8 heteroatoms. The molecule has 4 rings (SSSR count). The van der Waals surface area contributed by atoms with Gasteiger partial charge in [0.25, 0.3) is 5.56 Å². The lowest BCUT2D eigenvalue weighted by Gasteiger charge is -2.11. The topological polar surface area (TPSA) is 65.1 Å². The van der Waals surface area contributed by atoms with E-state index < -0.39 is 0 Å². The molecule has 0 aliphatic rings. The largest absolute Gasteiger partial charge is 0.310 e. The average Bonchev–Trinajstić information content (AvgIpc) is 3.05. The molecule has 3 aromatic heterocycles. The van der Waals surface area contributed by atoms with Gasteiger partial charge in [-0.2, -0.15) is 9.50 Å². The molecule has 0 atom stereocenters. The summed E-state index contributed by atoms with van der Waals surface area (Å²) in [6, 6.07) is 15.0. The minimum Gasteiger partial charge on any atom is -0.310 e. The number of pyridine rings is 1. The van der Waals surface area contributed by atoms with Gasteiger partial charge in [-0.25, -0.2) is 4.98 Å². The van der Waals surface area contributed by atoms with Crippen LogP contribution >= 0.6 is 23.4 Å². The molecule has 0 N–H and O–H groups in total. The Labute approximate surface area is 158 Å². The SMILES string of the molecule is Cc1cc(=O)n2nc(Sc3ccccc3)nc2n1Cc1ccc(Cl)nc1. The van der Waals surface area contributed by atoms with Crippen molar-refractivity contribution in [3.8, 4) is 0 Å². The maximum atomic E-state index is 12.3. The minimum absolute atomic E-state index is 0.199. The Balaban J connectivity index is 1.77. The zero-order valence-electron chi connectivity index (χ0n) is 13.8. The van der Waals surface area contributed by atoms with Crippen molar-refractivity contribution in [3.05, 3.63) is 81.5 Å². The van der Waals surface area contributed by atoms with Gasteiger partial charge in [-0.3, -0.25) is 4.79 Å². The van der Waals surface area contributed by atoms with E-state index in [4.69, 9.17) is 11.6 Å². The Morgan fingerprint density at radius 2 is 1.96 bits per heavy atom. The van der Waals surface area contributed by atoms with Crippen LogP contribution in [-0.2, 0) is 6.54 Å². The highest BCUT2D eigenvalue weighted by Crippen LogP contribution is 2.24. The lowest BCUT2D eigenvalue weighted by molar-refractivity contribution is 0.727. The van der Waals surface area contributed by atoms with Gasteiger partial charge in [0, 0.05) is 22.9 Å². The van der Waals surface area contributed by atoms with Crippen molar-refractivity contribution >= 4 is 29.1 Å². The first-order valence-electron chi connectivity index (χ1n) is 7.91. The summed E-state index contributed by atoms with van der Waals surface area (Å²) in [5, 5.41) is 5.34. The molecule has 0 saturated carbocycles. The summed E-state index contributed by atoms with van der Waals surface area (Å²) in [5.74, 6) is 0.503. The predicted octanol–water partition coefficient (Wildman–Crippen LogP) is 3.45. The molecule has 0 aliphatic heterocycles. The number of aromatic nitrogens is 5. The molecule has 0 radical (unpaired) electrons. The van der Waals surface area contributed by atoms with E-state index in [0.717, 1.165) is 16.2 Å². The minimum atomic E-state index is -0.199. The summed E-state index contributed by atoms with van der Waals surface area (Å²) in [5.41, 5.74) is 1.57. The smallest absolute Gasteiger partial charge is 0.275 e. The van der Waals surface area contributed by atoms with Crippen LogP contribution in [-0.4, -0.2) is 24.1 Å². The average molecular weight is 384 g/mol. The Morgan fingerprint density at radius 3 is 2.69 bits per heavy atom. The second-order valence-corrected chi connectivity index (χ2v) is 7.15. The van der Waals surface area contributed by atoms with E-state index in [1.54, 1.807) is 18.3 Å². The van der Waals surface area contributed by atoms with E-state index in [1.165, 1.54) is 16.3 Å². The van der Waals surface area contributed by atoms with Gasteiger partial charge >= 0.3 is 0 Å². The van der Waals surface area contributed by atoms with Crippen molar-refractivity contribution in [2.24, 2.45) is 0 Å². The van der Waals surface area contributed by atoms with Crippen molar-refractivity contribution in [3.63, 3.8) is 0 Å². The molecule has 6 nitrogen and oxygen atoms in total. The molecule has 0 bridgehead atoms. The molecule has 0 aliphatic carbocycles. The van der Waals surface area contributed by atoms with Crippen LogP contribution in [0.5, 0.6) is 0 Å². The molecule has 0 fully saturated rings. The van der Waals surface area contributed by atoms with Gasteiger partial charge in [-0.1, -0.05) is 35.9 Å². The molecule has 0 unspecified atom stereocenters. The number of hydrogen-bond acceptors (Lipinski definition) is 5. The molecule has 0 spiro atoms. The van der Waals surface area contributed by atoms with Crippen LogP contribution in [0.3, 0.4) is 0 Å². The molecule has 0 amide bonds. The van der Waals surface area contributed by atoms with Crippen LogP contribution in [0.1, 0.15) is 11.3 Å². The summed E-state index contributed by atoms with van der Waals surface area (Å²) in [7, 11) is 0. The molecule has 130 valence electrons. The molecular weight excluding hydrogens is 370 g/mol. The maximum absolute atomic E-state index is 12.3. The molecule has 3 heterocycles. The van der Waals surface area contributed by atoms with Crippen LogP contribution in [0.15, 0.2) is 69.6 Å². The summed E-state index contributed by atoms with van der Waals surface area (Å²) < 4.78 is 3.27. The summed E-state index contributed by atoms with van der Waals surface area (Å²) in [6.45, 7) is 2.40. The van der Waals surface area contributed by atoms with Crippen LogP contribution in [0.4, 0.5) is 0 Å². The Hall–Kier alpha value is -2.64. The zero-order chi connectivity index (χ0) is 18.1. The van der Waals surface area contributed by atoms with Gasteiger partial charge < -0.3 is 4.57 Å². The second kappa shape index (κ2) is 6.93. The highest BCUT2D eigenvalue weighted by molar-refractivity contribution is 7.99. The zero-order valence-corrected chi connectivity index (χ0v) is 15.4. The van der Waals surface area contributed by atoms with Crippen molar-refractivity contribution < 1.29 is 0 Å². The van der Waals surface area contributed by atoms with E-state index in [9.17, 15) is 4.79 Å². The van der Waals surface area contributed by atoms with Gasteiger partial charge in [0.15, 0.2) is 0 Å². The normalized spacial score (nSPS) is 11.2. The number of rotatable bonds is 4. The fourth-order valence-corrected chi connectivity index (χ4v) is 3.46. The number of nitrogens with zero attached hydrogens (tertiary/aromatic N) is 5. The quantitative estimate of drug-likeness (QED) is 0.505. The Morgan fingerprint density at radius 1 is 1.15 bits per heavy atom. The molecule has 4 aromatic rings. The summed E-state index contributed by atoms with van der Waals surface area (Å²) in [6.07, 6.45) is 1.71. The second-order valence-electron chi connectivity index (χ2n) is 5.72. The third-order valence-corrected chi connectivity index (χ3v) is 4.95. The molecule has 0 saturated heterocycles. The van der Waals surface area contributed by atoms with Crippen LogP contribution in [0.2, 0.25) is 5.15 Å². The maximum Gasteiger partial charge on any atom is 0.275 e. The number of halogens is 1. The fourth-order valence-electron chi connectivity index (χ4n) is 2.60. The number of fused-ring (bicyclic) bond motifs is 1. The first-order chi connectivity index (χ1) is 12.6. The first-order valence-corrected chi connectivity index (χ1v) is 9.10. The number of hydrogen-bond donors (Lipinski definition) is 0. The highest BCUT2D eigenvalue weighted by Gasteiger charge is 2.13. The van der Waals surface area contributed by atoms with Gasteiger partial charge in [0.2, 0.25) is 10.9 Å². The third kappa shape index (κ3) is 3.36. The lowest BCUT2D eigenvalue weighted by atomic mass is 10.3. The predicted molar refractivity (Wildman–Crippen MR) is 101 cm³/mol. The van der Waals surface area contributed by atoms with E-state index in [0.29, 0.717) is 22.6 Å². The Bertz CT molecular complexity index is 1120. The van der Waals surface area contributed by atoms with E-state index in [1.807, 2.05) is 47.9 Å². The van der Waals surface area contributed by atoms with Crippen molar-refractivity contribution in [2.45, 2.75) is 23.5 Å². The number of aryl methyl sites for hydroxylation is 1. The van der Waals surface area contributed by atoms with Crippen molar-refractivity contribution in [1.82, 2.24) is 24.1 Å².